The largest absolute Gasteiger partial charge is 0.374 e. The first-order valence-electron chi connectivity index (χ1n) is 6.62. The van der Waals surface area contributed by atoms with Gasteiger partial charge in [0.1, 0.15) is 4.32 Å². The van der Waals surface area contributed by atoms with Crippen molar-refractivity contribution in [3.8, 4) is 0 Å². The first-order chi connectivity index (χ1) is 9.56. The van der Waals surface area contributed by atoms with Gasteiger partial charge in [-0.15, -0.1) is 0 Å². The highest BCUT2D eigenvalue weighted by Crippen LogP contribution is 2.33. The van der Waals surface area contributed by atoms with E-state index in [0.29, 0.717) is 9.23 Å². The maximum absolute atomic E-state index is 12.0. The van der Waals surface area contributed by atoms with Gasteiger partial charge in [-0.05, 0) is 42.2 Å². The Morgan fingerprint density at radius 1 is 1.35 bits per heavy atom. The van der Waals surface area contributed by atoms with Gasteiger partial charge in [0.15, 0.2) is 0 Å². The second-order valence-electron chi connectivity index (χ2n) is 5.15. The zero-order chi connectivity index (χ0) is 14.3. The summed E-state index contributed by atoms with van der Waals surface area (Å²) in [5.74, 6) is -0.00478. The number of benzene rings is 1. The number of hydrogen-bond acceptors (Lipinski definition) is 4. The lowest BCUT2D eigenvalue weighted by Gasteiger charge is -2.27. The Kier molecular flexibility index (Phi) is 3.56. The standard InChI is InChI=1S/C15H16N2OS2/c1-16-7-3-4-11-8-10(5-6-12(11)16)9-13-14(18)17(2)15(19)20-13/h5-6,8-9H,3-4,7H2,1-2H3/b13-9-. The number of carbonyl (C=O) groups is 1. The number of amides is 1. The number of anilines is 1. The van der Waals surface area contributed by atoms with Gasteiger partial charge in [0.05, 0.1) is 4.91 Å². The predicted octanol–water partition coefficient (Wildman–Crippen LogP) is 2.90. The smallest absolute Gasteiger partial charge is 0.265 e. The molecule has 0 radical (unpaired) electrons. The zero-order valence-corrected chi connectivity index (χ0v) is 13.2. The number of aryl methyl sites for hydroxylation is 1. The van der Waals surface area contributed by atoms with Crippen molar-refractivity contribution in [2.75, 3.05) is 25.5 Å². The number of likely N-dealkylation sites (N-methyl/N-ethyl adjacent to an activating group) is 1. The van der Waals surface area contributed by atoms with Crippen LogP contribution in [0.1, 0.15) is 17.5 Å². The van der Waals surface area contributed by atoms with Gasteiger partial charge in [-0.1, -0.05) is 30.0 Å². The highest BCUT2D eigenvalue weighted by atomic mass is 32.2. The Balaban J connectivity index is 1.93. The van der Waals surface area contributed by atoms with Crippen molar-refractivity contribution in [2.24, 2.45) is 0 Å². The molecule has 0 aliphatic carbocycles. The minimum absolute atomic E-state index is 0.00478. The van der Waals surface area contributed by atoms with Crippen LogP contribution in [0.15, 0.2) is 23.1 Å². The Labute approximate surface area is 128 Å². The molecule has 1 aromatic rings. The Morgan fingerprint density at radius 3 is 2.85 bits per heavy atom. The first kappa shape index (κ1) is 13.6. The highest BCUT2D eigenvalue weighted by molar-refractivity contribution is 8.26. The van der Waals surface area contributed by atoms with E-state index in [-0.39, 0.29) is 5.91 Å². The molecule has 1 amide bonds. The van der Waals surface area contributed by atoms with Crippen LogP contribution in [0.25, 0.3) is 6.08 Å². The summed E-state index contributed by atoms with van der Waals surface area (Å²) < 4.78 is 0.624. The molecule has 0 atom stereocenters. The van der Waals surface area contributed by atoms with Gasteiger partial charge < -0.3 is 4.90 Å². The van der Waals surface area contributed by atoms with Crippen molar-refractivity contribution in [1.82, 2.24) is 4.90 Å². The van der Waals surface area contributed by atoms with Crippen LogP contribution in [-0.4, -0.2) is 35.8 Å². The number of thioether (sulfide) groups is 1. The molecule has 0 N–H and O–H groups in total. The summed E-state index contributed by atoms with van der Waals surface area (Å²) in [7, 11) is 3.85. The van der Waals surface area contributed by atoms with Crippen molar-refractivity contribution in [3.63, 3.8) is 0 Å². The monoisotopic (exact) mass is 304 g/mol. The summed E-state index contributed by atoms with van der Waals surface area (Å²) in [5.41, 5.74) is 3.74. The molecule has 0 spiro atoms. The van der Waals surface area contributed by atoms with E-state index in [0.717, 1.165) is 18.5 Å². The molecule has 2 aliphatic rings. The molecule has 2 aliphatic heterocycles. The van der Waals surface area contributed by atoms with Crippen molar-refractivity contribution in [2.45, 2.75) is 12.8 Å². The van der Waals surface area contributed by atoms with Crippen LogP contribution in [0.4, 0.5) is 5.69 Å². The number of nitrogens with zero attached hydrogens (tertiary/aromatic N) is 2. The van der Waals surface area contributed by atoms with E-state index in [1.807, 2.05) is 6.08 Å². The second kappa shape index (κ2) is 5.22. The Hall–Kier alpha value is -1.33. The summed E-state index contributed by atoms with van der Waals surface area (Å²) >= 11 is 6.52. The van der Waals surface area contributed by atoms with Gasteiger partial charge in [-0.25, -0.2) is 0 Å². The van der Waals surface area contributed by atoms with E-state index in [1.165, 1.54) is 34.3 Å². The van der Waals surface area contributed by atoms with Crippen LogP contribution in [0.2, 0.25) is 0 Å². The fourth-order valence-corrected chi connectivity index (χ4v) is 3.77. The van der Waals surface area contributed by atoms with Crippen molar-refractivity contribution in [3.05, 3.63) is 34.2 Å². The third-order valence-corrected chi connectivity index (χ3v) is 5.22. The SMILES string of the molecule is CN1C(=O)/C(=C/c2ccc3c(c2)CCCN3C)SC1=S. The second-order valence-corrected chi connectivity index (χ2v) is 6.83. The number of rotatable bonds is 1. The molecule has 0 aromatic heterocycles. The molecule has 3 nitrogen and oxygen atoms in total. The van der Waals surface area contributed by atoms with Crippen molar-refractivity contribution in [1.29, 1.82) is 0 Å². The van der Waals surface area contributed by atoms with Crippen molar-refractivity contribution >= 4 is 46.0 Å². The molecule has 20 heavy (non-hydrogen) atoms. The van der Waals surface area contributed by atoms with Gasteiger partial charge in [0.2, 0.25) is 0 Å². The van der Waals surface area contributed by atoms with Gasteiger partial charge in [-0.3, -0.25) is 9.69 Å². The lowest BCUT2D eigenvalue weighted by Crippen LogP contribution is -2.24. The lowest BCUT2D eigenvalue weighted by molar-refractivity contribution is -0.121. The summed E-state index contributed by atoms with van der Waals surface area (Å²) in [5, 5.41) is 0. The molecule has 0 unspecified atom stereocenters. The number of hydrogen-bond donors (Lipinski definition) is 0. The fourth-order valence-electron chi connectivity index (χ4n) is 2.59. The number of thiocarbonyl (C=S) groups is 1. The summed E-state index contributed by atoms with van der Waals surface area (Å²) in [6.45, 7) is 1.11. The van der Waals surface area contributed by atoms with Gasteiger partial charge in [0, 0.05) is 26.3 Å². The Bertz CT molecular complexity index is 624. The average Bonchev–Trinajstić information content (AvgIpc) is 2.67. The van der Waals surface area contributed by atoms with E-state index in [4.69, 9.17) is 12.2 Å². The number of carbonyl (C=O) groups excluding carboxylic acids is 1. The molecule has 0 saturated carbocycles. The normalized spacial score (nSPS) is 20.8. The predicted molar refractivity (Wildman–Crippen MR) is 89.0 cm³/mol. The molecule has 1 aromatic carbocycles. The van der Waals surface area contributed by atoms with E-state index < -0.39 is 0 Å². The molecular formula is C15H16N2OS2. The van der Waals surface area contributed by atoms with Gasteiger partial charge >= 0.3 is 0 Å². The molecule has 1 fully saturated rings. The third kappa shape index (κ3) is 2.36. The third-order valence-electron chi connectivity index (χ3n) is 3.74. The minimum Gasteiger partial charge on any atom is -0.374 e. The zero-order valence-electron chi connectivity index (χ0n) is 11.5. The van der Waals surface area contributed by atoms with Gasteiger partial charge in [-0.2, -0.15) is 0 Å². The maximum atomic E-state index is 12.0. The highest BCUT2D eigenvalue weighted by Gasteiger charge is 2.28. The maximum Gasteiger partial charge on any atom is 0.265 e. The minimum atomic E-state index is -0.00478. The van der Waals surface area contributed by atoms with E-state index in [9.17, 15) is 4.79 Å². The average molecular weight is 304 g/mol. The molecule has 3 rings (SSSR count). The van der Waals surface area contributed by atoms with Crippen LogP contribution < -0.4 is 4.90 Å². The topological polar surface area (TPSA) is 23.6 Å². The molecule has 2 heterocycles. The summed E-state index contributed by atoms with van der Waals surface area (Å²) in [6, 6.07) is 6.41. The lowest BCUT2D eigenvalue weighted by atomic mass is 9.99. The van der Waals surface area contributed by atoms with Crippen LogP contribution in [0, 0.1) is 0 Å². The summed E-state index contributed by atoms with van der Waals surface area (Å²) in [6.07, 6.45) is 4.23. The number of fused-ring (bicyclic) bond motifs is 1. The molecule has 0 bridgehead atoms. The van der Waals surface area contributed by atoms with E-state index in [1.54, 1.807) is 7.05 Å². The summed E-state index contributed by atoms with van der Waals surface area (Å²) in [4.78, 5) is 16.5. The molecular weight excluding hydrogens is 288 g/mol. The molecule has 1 saturated heterocycles. The first-order valence-corrected chi connectivity index (χ1v) is 7.84. The van der Waals surface area contributed by atoms with Crippen LogP contribution >= 0.6 is 24.0 Å². The molecule has 104 valence electrons. The van der Waals surface area contributed by atoms with E-state index >= 15 is 0 Å². The van der Waals surface area contributed by atoms with E-state index in [2.05, 4.69) is 30.1 Å². The molecule has 5 heteroatoms. The fraction of sp³-hybridized carbons (Fsp3) is 0.333. The Morgan fingerprint density at radius 2 is 2.15 bits per heavy atom. The van der Waals surface area contributed by atoms with Crippen LogP contribution in [-0.2, 0) is 11.2 Å². The van der Waals surface area contributed by atoms with Crippen LogP contribution in [0.5, 0.6) is 0 Å². The van der Waals surface area contributed by atoms with Crippen LogP contribution in [0.3, 0.4) is 0 Å². The quantitative estimate of drug-likeness (QED) is 0.588. The van der Waals surface area contributed by atoms with Gasteiger partial charge in [0.25, 0.3) is 5.91 Å². The van der Waals surface area contributed by atoms with Crippen molar-refractivity contribution < 1.29 is 4.79 Å².